The molecule has 1 aliphatic heterocycles. The SMILES string of the molecule is C=CCOC(=O)C1(C)CN(C(=O)OCc2ccccc2)C=CC1=O. The Hall–Kier alpha value is -2.89. The molecule has 2 rings (SSSR count). The fourth-order valence-corrected chi connectivity index (χ4v) is 2.20. The molecule has 0 saturated heterocycles. The average molecular weight is 329 g/mol. The second kappa shape index (κ2) is 7.59. The Labute approximate surface area is 140 Å². The third-order valence-corrected chi connectivity index (χ3v) is 3.66. The van der Waals surface area contributed by atoms with E-state index in [1.807, 2.05) is 30.3 Å². The fourth-order valence-electron chi connectivity index (χ4n) is 2.20. The Balaban J connectivity index is 2.02. The van der Waals surface area contributed by atoms with Gasteiger partial charge in [0.25, 0.3) is 0 Å². The van der Waals surface area contributed by atoms with Crippen molar-refractivity contribution in [2.45, 2.75) is 13.5 Å². The van der Waals surface area contributed by atoms with E-state index in [4.69, 9.17) is 9.47 Å². The summed E-state index contributed by atoms with van der Waals surface area (Å²) in [6.45, 7) is 4.88. The van der Waals surface area contributed by atoms with Crippen LogP contribution >= 0.6 is 0 Å². The number of nitrogens with zero attached hydrogens (tertiary/aromatic N) is 1. The Morgan fingerprint density at radius 2 is 2.00 bits per heavy atom. The molecule has 0 spiro atoms. The van der Waals surface area contributed by atoms with Crippen LogP contribution in [0.15, 0.2) is 55.3 Å². The highest BCUT2D eigenvalue weighted by Crippen LogP contribution is 2.27. The predicted octanol–water partition coefficient (Wildman–Crippen LogP) is 2.46. The zero-order valence-electron chi connectivity index (χ0n) is 13.4. The Bertz CT molecular complexity index is 667. The largest absolute Gasteiger partial charge is 0.461 e. The lowest BCUT2D eigenvalue weighted by atomic mass is 9.83. The summed E-state index contributed by atoms with van der Waals surface area (Å²) >= 11 is 0. The number of ether oxygens (including phenoxy) is 2. The number of amides is 1. The van der Waals surface area contributed by atoms with Crippen LogP contribution in [0.5, 0.6) is 0 Å². The first-order valence-electron chi connectivity index (χ1n) is 7.45. The predicted molar refractivity (Wildman–Crippen MR) is 86.7 cm³/mol. The van der Waals surface area contributed by atoms with E-state index in [0.717, 1.165) is 5.56 Å². The van der Waals surface area contributed by atoms with Crippen molar-refractivity contribution < 1.29 is 23.9 Å². The van der Waals surface area contributed by atoms with E-state index in [2.05, 4.69) is 6.58 Å². The van der Waals surface area contributed by atoms with Crippen LogP contribution in [0.2, 0.25) is 0 Å². The zero-order valence-corrected chi connectivity index (χ0v) is 13.4. The standard InChI is InChI=1S/C18H19NO5/c1-3-11-23-16(21)18(2)13-19(10-9-15(18)20)17(22)24-12-14-7-5-4-6-8-14/h3-10H,1,11-13H2,2H3. The minimum atomic E-state index is -1.45. The normalized spacial score (nSPS) is 19.7. The van der Waals surface area contributed by atoms with Gasteiger partial charge in [0, 0.05) is 6.20 Å². The number of carbonyl (C=O) groups excluding carboxylic acids is 3. The van der Waals surface area contributed by atoms with Gasteiger partial charge in [-0.15, -0.1) is 0 Å². The number of hydrogen-bond donors (Lipinski definition) is 0. The van der Waals surface area contributed by atoms with Gasteiger partial charge in [-0.3, -0.25) is 14.5 Å². The second-order valence-electron chi connectivity index (χ2n) is 5.57. The minimum Gasteiger partial charge on any atom is -0.461 e. The maximum atomic E-state index is 12.2. The van der Waals surface area contributed by atoms with E-state index < -0.39 is 23.3 Å². The van der Waals surface area contributed by atoms with Crippen molar-refractivity contribution in [3.8, 4) is 0 Å². The summed E-state index contributed by atoms with van der Waals surface area (Å²) in [7, 11) is 0. The summed E-state index contributed by atoms with van der Waals surface area (Å²) < 4.78 is 10.2. The number of esters is 1. The summed E-state index contributed by atoms with van der Waals surface area (Å²) in [5.41, 5.74) is -0.611. The van der Waals surface area contributed by atoms with Crippen LogP contribution in [-0.4, -0.2) is 35.9 Å². The van der Waals surface area contributed by atoms with Crippen LogP contribution in [-0.2, 0) is 25.7 Å². The highest BCUT2D eigenvalue weighted by Gasteiger charge is 2.45. The number of ketones is 1. The first-order chi connectivity index (χ1) is 11.5. The Morgan fingerprint density at radius 3 is 2.67 bits per heavy atom. The monoisotopic (exact) mass is 329 g/mol. The molecule has 1 aliphatic rings. The summed E-state index contributed by atoms with van der Waals surface area (Å²) in [4.78, 5) is 37.6. The summed E-state index contributed by atoms with van der Waals surface area (Å²) in [5, 5.41) is 0. The highest BCUT2D eigenvalue weighted by molar-refractivity contribution is 6.10. The van der Waals surface area contributed by atoms with Gasteiger partial charge >= 0.3 is 12.1 Å². The first kappa shape index (κ1) is 17.5. The minimum absolute atomic E-state index is 0.00384. The van der Waals surface area contributed by atoms with Crippen LogP contribution in [0.4, 0.5) is 4.79 Å². The van der Waals surface area contributed by atoms with Crippen LogP contribution in [0.3, 0.4) is 0 Å². The first-order valence-corrected chi connectivity index (χ1v) is 7.45. The van der Waals surface area contributed by atoms with Crippen molar-refractivity contribution in [2.75, 3.05) is 13.2 Å². The third kappa shape index (κ3) is 3.90. The molecule has 0 bridgehead atoms. The number of hydrogen-bond acceptors (Lipinski definition) is 5. The van der Waals surface area contributed by atoms with E-state index in [9.17, 15) is 14.4 Å². The van der Waals surface area contributed by atoms with Gasteiger partial charge in [0.1, 0.15) is 18.6 Å². The molecular formula is C18H19NO5. The molecule has 0 aliphatic carbocycles. The summed E-state index contributed by atoms with van der Waals surface area (Å²) in [6, 6.07) is 9.22. The fraction of sp³-hybridized carbons (Fsp3) is 0.278. The van der Waals surface area contributed by atoms with Crippen molar-refractivity contribution in [1.29, 1.82) is 0 Å². The molecule has 1 heterocycles. The van der Waals surface area contributed by atoms with Crippen LogP contribution in [0.25, 0.3) is 0 Å². The smallest absolute Gasteiger partial charge is 0.414 e. The lowest BCUT2D eigenvalue weighted by molar-refractivity contribution is -0.158. The van der Waals surface area contributed by atoms with E-state index >= 15 is 0 Å². The van der Waals surface area contributed by atoms with E-state index in [1.165, 1.54) is 30.2 Å². The maximum absolute atomic E-state index is 12.2. The molecule has 126 valence electrons. The molecule has 24 heavy (non-hydrogen) atoms. The van der Waals surface area contributed by atoms with Gasteiger partial charge in [0.2, 0.25) is 0 Å². The molecule has 6 nitrogen and oxygen atoms in total. The van der Waals surface area contributed by atoms with Gasteiger partial charge < -0.3 is 9.47 Å². The summed E-state index contributed by atoms with van der Waals surface area (Å²) in [5.74, 6) is -1.11. The number of rotatable bonds is 5. The molecule has 1 unspecified atom stereocenters. The van der Waals surface area contributed by atoms with Gasteiger partial charge in [-0.2, -0.15) is 0 Å². The molecule has 1 atom stereocenters. The van der Waals surface area contributed by atoms with Crippen LogP contribution < -0.4 is 0 Å². The molecule has 0 radical (unpaired) electrons. The summed E-state index contributed by atoms with van der Waals surface area (Å²) in [6.07, 6.45) is 3.28. The van der Waals surface area contributed by atoms with Crippen molar-refractivity contribution in [2.24, 2.45) is 5.41 Å². The van der Waals surface area contributed by atoms with Crippen molar-refractivity contribution >= 4 is 17.8 Å². The van der Waals surface area contributed by atoms with Gasteiger partial charge in [-0.05, 0) is 18.6 Å². The lowest BCUT2D eigenvalue weighted by Crippen LogP contribution is -2.49. The van der Waals surface area contributed by atoms with Crippen molar-refractivity contribution in [3.63, 3.8) is 0 Å². The van der Waals surface area contributed by atoms with Gasteiger partial charge in [-0.25, -0.2) is 4.79 Å². The second-order valence-corrected chi connectivity index (χ2v) is 5.57. The molecule has 1 amide bonds. The van der Waals surface area contributed by atoms with Gasteiger partial charge in [-0.1, -0.05) is 43.0 Å². The lowest BCUT2D eigenvalue weighted by Gasteiger charge is -2.32. The van der Waals surface area contributed by atoms with E-state index in [0.29, 0.717) is 0 Å². The number of allylic oxidation sites excluding steroid dienone is 1. The maximum Gasteiger partial charge on any atom is 0.414 e. The highest BCUT2D eigenvalue weighted by atomic mass is 16.6. The molecule has 0 aromatic heterocycles. The Morgan fingerprint density at radius 1 is 1.29 bits per heavy atom. The van der Waals surface area contributed by atoms with Crippen LogP contribution in [0, 0.1) is 5.41 Å². The quantitative estimate of drug-likeness (QED) is 0.471. The van der Waals surface area contributed by atoms with Crippen molar-refractivity contribution in [1.82, 2.24) is 4.90 Å². The van der Waals surface area contributed by atoms with Crippen molar-refractivity contribution in [3.05, 3.63) is 60.8 Å². The topological polar surface area (TPSA) is 72.9 Å². The zero-order chi connectivity index (χ0) is 17.6. The van der Waals surface area contributed by atoms with Crippen LogP contribution in [0.1, 0.15) is 12.5 Å². The average Bonchev–Trinajstić information content (AvgIpc) is 2.60. The van der Waals surface area contributed by atoms with Gasteiger partial charge in [0.05, 0.1) is 6.54 Å². The number of benzene rings is 1. The van der Waals surface area contributed by atoms with E-state index in [-0.39, 0.29) is 19.8 Å². The molecule has 0 fully saturated rings. The molecule has 0 saturated carbocycles. The molecular weight excluding hydrogens is 310 g/mol. The molecule has 6 heteroatoms. The Kier molecular flexibility index (Phi) is 5.52. The van der Waals surface area contributed by atoms with E-state index in [1.54, 1.807) is 0 Å². The third-order valence-electron chi connectivity index (χ3n) is 3.66. The molecule has 1 aromatic rings. The molecule has 0 N–H and O–H groups in total. The van der Waals surface area contributed by atoms with Gasteiger partial charge in [0.15, 0.2) is 5.78 Å². The molecule has 1 aromatic carbocycles. The number of carbonyl (C=O) groups is 3.